The average Bonchev–Trinajstić information content (AvgIpc) is 2.50. The van der Waals surface area contributed by atoms with E-state index >= 15 is 0 Å². The van der Waals surface area contributed by atoms with Crippen molar-refractivity contribution < 1.29 is 4.39 Å². The molecule has 0 atom stereocenters. The second kappa shape index (κ2) is 5.22. The molecule has 1 aliphatic heterocycles. The van der Waals surface area contributed by atoms with Gasteiger partial charge in [0.2, 0.25) is 0 Å². The molecule has 0 aliphatic carbocycles. The molecule has 2 rings (SSSR count). The van der Waals surface area contributed by atoms with Gasteiger partial charge in [-0.1, -0.05) is 13.8 Å². The third-order valence-electron chi connectivity index (χ3n) is 3.77. The van der Waals surface area contributed by atoms with Gasteiger partial charge in [0, 0.05) is 25.2 Å². The normalized spacial score (nSPS) is 19.7. The van der Waals surface area contributed by atoms with Crippen molar-refractivity contribution in [1.82, 2.24) is 4.98 Å². The van der Waals surface area contributed by atoms with Crippen LogP contribution >= 0.6 is 0 Å². The molecule has 1 aromatic heterocycles. The van der Waals surface area contributed by atoms with E-state index in [1.165, 1.54) is 18.7 Å². The van der Waals surface area contributed by atoms with Gasteiger partial charge in [-0.05, 0) is 30.7 Å². The summed E-state index contributed by atoms with van der Waals surface area (Å²) in [5.41, 5.74) is 6.87. The first kappa shape index (κ1) is 13.3. The Balaban J connectivity index is 2.21. The molecule has 0 radical (unpaired) electrons. The van der Waals surface area contributed by atoms with Gasteiger partial charge in [0.1, 0.15) is 11.6 Å². The summed E-state index contributed by atoms with van der Waals surface area (Å²) in [7, 11) is 0. The number of hydrogen-bond acceptors (Lipinski definition) is 3. The summed E-state index contributed by atoms with van der Waals surface area (Å²) in [5.74, 6) is 0.547. The zero-order chi connectivity index (χ0) is 13.2. The zero-order valence-electron chi connectivity index (χ0n) is 11.2. The molecule has 1 fully saturated rings. The van der Waals surface area contributed by atoms with E-state index in [1.54, 1.807) is 0 Å². The van der Waals surface area contributed by atoms with Crippen LogP contribution < -0.4 is 10.6 Å². The Kier molecular flexibility index (Phi) is 3.85. The first-order chi connectivity index (χ1) is 8.52. The van der Waals surface area contributed by atoms with E-state index in [4.69, 9.17) is 5.73 Å². The molecule has 2 heterocycles. The van der Waals surface area contributed by atoms with Gasteiger partial charge >= 0.3 is 0 Å². The smallest absolute Gasteiger partial charge is 0.141 e. The van der Waals surface area contributed by atoms with E-state index in [9.17, 15) is 4.39 Å². The summed E-state index contributed by atoms with van der Waals surface area (Å²) >= 11 is 0. The zero-order valence-corrected chi connectivity index (χ0v) is 11.2. The van der Waals surface area contributed by atoms with Crippen molar-refractivity contribution in [2.75, 3.05) is 18.0 Å². The Bertz CT molecular complexity index is 418. The standard InChI is InChI=1S/C14H22FN3/c1-14(2)4-3-6-18(7-5-14)13-11(9-16)8-12(15)10-17-13/h8,10H,3-7,9,16H2,1-2H3. The molecule has 0 spiro atoms. The Hall–Kier alpha value is -1.16. The molecule has 100 valence electrons. The maximum absolute atomic E-state index is 13.2. The highest BCUT2D eigenvalue weighted by Gasteiger charge is 2.24. The third kappa shape index (κ3) is 2.99. The quantitative estimate of drug-likeness (QED) is 0.878. The largest absolute Gasteiger partial charge is 0.356 e. The molecular formula is C14H22FN3. The maximum atomic E-state index is 13.2. The molecule has 0 amide bonds. The number of rotatable bonds is 2. The molecule has 4 heteroatoms. The Morgan fingerprint density at radius 1 is 1.39 bits per heavy atom. The molecule has 0 unspecified atom stereocenters. The molecule has 2 N–H and O–H groups in total. The molecule has 1 saturated heterocycles. The Labute approximate surface area is 108 Å². The van der Waals surface area contributed by atoms with E-state index < -0.39 is 0 Å². The minimum Gasteiger partial charge on any atom is -0.356 e. The molecular weight excluding hydrogens is 229 g/mol. The lowest BCUT2D eigenvalue weighted by atomic mass is 9.85. The van der Waals surface area contributed by atoms with Crippen LogP contribution in [-0.2, 0) is 6.54 Å². The highest BCUT2D eigenvalue weighted by atomic mass is 19.1. The van der Waals surface area contributed by atoms with Crippen LogP contribution in [0.4, 0.5) is 10.2 Å². The van der Waals surface area contributed by atoms with Crippen LogP contribution in [0.15, 0.2) is 12.3 Å². The summed E-state index contributed by atoms with van der Waals surface area (Å²) in [6, 6.07) is 1.50. The molecule has 0 aromatic carbocycles. The number of pyridine rings is 1. The van der Waals surface area contributed by atoms with Crippen LogP contribution in [0.2, 0.25) is 0 Å². The van der Waals surface area contributed by atoms with Gasteiger partial charge < -0.3 is 10.6 Å². The number of aromatic nitrogens is 1. The van der Waals surface area contributed by atoms with E-state index in [0.29, 0.717) is 12.0 Å². The van der Waals surface area contributed by atoms with Crippen LogP contribution in [0.5, 0.6) is 0 Å². The lowest BCUT2D eigenvalue weighted by Gasteiger charge is -2.25. The summed E-state index contributed by atoms with van der Waals surface area (Å²) in [5, 5.41) is 0. The second-order valence-electron chi connectivity index (χ2n) is 5.85. The van der Waals surface area contributed by atoms with Crippen molar-refractivity contribution in [3.8, 4) is 0 Å². The summed E-state index contributed by atoms with van der Waals surface area (Å²) in [4.78, 5) is 6.48. The van der Waals surface area contributed by atoms with E-state index in [-0.39, 0.29) is 5.82 Å². The average molecular weight is 251 g/mol. The number of anilines is 1. The van der Waals surface area contributed by atoms with Crippen molar-refractivity contribution in [3.05, 3.63) is 23.6 Å². The summed E-state index contributed by atoms with van der Waals surface area (Å²) in [6.07, 6.45) is 4.79. The maximum Gasteiger partial charge on any atom is 0.141 e. The van der Waals surface area contributed by atoms with E-state index in [0.717, 1.165) is 37.3 Å². The number of halogens is 1. The third-order valence-corrected chi connectivity index (χ3v) is 3.77. The summed E-state index contributed by atoms with van der Waals surface area (Å²) in [6.45, 7) is 6.89. The van der Waals surface area contributed by atoms with Crippen molar-refractivity contribution in [1.29, 1.82) is 0 Å². The topological polar surface area (TPSA) is 42.2 Å². The predicted octanol–water partition coefficient (Wildman–Crippen LogP) is 2.70. The first-order valence-corrected chi connectivity index (χ1v) is 6.61. The fraction of sp³-hybridized carbons (Fsp3) is 0.643. The number of nitrogens with two attached hydrogens (primary N) is 1. The highest BCUT2D eigenvalue weighted by molar-refractivity contribution is 5.47. The molecule has 1 aliphatic rings. The lowest BCUT2D eigenvalue weighted by molar-refractivity contribution is 0.325. The van der Waals surface area contributed by atoms with Crippen molar-refractivity contribution >= 4 is 5.82 Å². The Morgan fingerprint density at radius 2 is 2.17 bits per heavy atom. The predicted molar refractivity (Wildman–Crippen MR) is 71.9 cm³/mol. The highest BCUT2D eigenvalue weighted by Crippen LogP contribution is 2.32. The van der Waals surface area contributed by atoms with E-state index in [1.807, 2.05) is 0 Å². The van der Waals surface area contributed by atoms with Gasteiger partial charge in [-0.25, -0.2) is 9.37 Å². The van der Waals surface area contributed by atoms with Crippen LogP contribution in [0, 0.1) is 11.2 Å². The fourth-order valence-corrected chi connectivity index (χ4v) is 2.54. The second-order valence-corrected chi connectivity index (χ2v) is 5.85. The first-order valence-electron chi connectivity index (χ1n) is 6.61. The fourth-order valence-electron chi connectivity index (χ4n) is 2.54. The minimum absolute atomic E-state index is 0.311. The monoisotopic (exact) mass is 251 g/mol. The van der Waals surface area contributed by atoms with Gasteiger partial charge in [-0.2, -0.15) is 0 Å². The van der Waals surface area contributed by atoms with Gasteiger partial charge in [-0.3, -0.25) is 0 Å². The Morgan fingerprint density at radius 3 is 2.89 bits per heavy atom. The van der Waals surface area contributed by atoms with Crippen molar-refractivity contribution in [2.24, 2.45) is 11.1 Å². The molecule has 1 aromatic rings. The van der Waals surface area contributed by atoms with Gasteiger partial charge in [-0.15, -0.1) is 0 Å². The lowest BCUT2D eigenvalue weighted by Crippen LogP contribution is -2.27. The van der Waals surface area contributed by atoms with Gasteiger partial charge in [0.15, 0.2) is 0 Å². The van der Waals surface area contributed by atoms with Crippen molar-refractivity contribution in [2.45, 2.75) is 39.7 Å². The van der Waals surface area contributed by atoms with Gasteiger partial charge in [0.25, 0.3) is 0 Å². The van der Waals surface area contributed by atoms with Crippen LogP contribution in [0.25, 0.3) is 0 Å². The van der Waals surface area contributed by atoms with E-state index in [2.05, 4.69) is 23.7 Å². The molecule has 18 heavy (non-hydrogen) atoms. The van der Waals surface area contributed by atoms with Crippen molar-refractivity contribution in [3.63, 3.8) is 0 Å². The SMILES string of the molecule is CC1(C)CCCN(c2ncc(F)cc2CN)CC1. The van der Waals surface area contributed by atoms with Crippen LogP contribution in [0.3, 0.4) is 0 Å². The number of hydrogen-bond donors (Lipinski definition) is 1. The molecule has 0 saturated carbocycles. The molecule has 0 bridgehead atoms. The van der Waals surface area contributed by atoms with Gasteiger partial charge in [0.05, 0.1) is 6.20 Å². The van der Waals surface area contributed by atoms with Crippen LogP contribution in [0.1, 0.15) is 38.7 Å². The minimum atomic E-state index is -0.311. The van der Waals surface area contributed by atoms with Crippen LogP contribution in [-0.4, -0.2) is 18.1 Å². The number of nitrogens with zero attached hydrogens (tertiary/aromatic N) is 2. The molecule has 3 nitrogen and oxygen atoms in total. The summed E-state index contributed by atoms with van der Waals surface area (Å²) < 4.78 is 13.2.